The third kappa shape index (κ3) is 3.54. The Hall–Kier alpha value is -1.92. The van der Waals surface area contributed by atoms with E-state index in [0.717, 1.165) is 62.0 Å². The average Bonchev–Trinajstić information content (AvgIpc) is 3.36. The first kappa shape index (κ1) is 20.0. The van der Waals surface area contributed by atoms with Crippen molar-refractivity contribution >= 4 is 23.7 Å². The van der Waals surface area contributed by atoms with Crippen LogP contribution in [0.1, 0.15) is 73.6 Å². The molecule has 0 bridgehead atoms. The van der Waals surface area contributed by atoms with Gasteiger partial charge in [-0.2, -0.15) is 0 Å². The lowest BCUT2D eigenvalue weighted by Crippen LogP contribution is -2.35. The van der Waals surface area contributed by atoms with E-state index < -0.39 is 5.60 Å². The highest BCUT2D eigenvalue weighted by molar-refractivity contribution is 7.97. The summed E-state index contributed by atoms with van der Waals surface area (Å²) in [5.41, 5.74) is 6.40. The van der Waals surface area contributed by atoms with Gasteiger partial charge in [-0.1, -0.05) is 19.9 Å². The number of aliphatic hydroxyl groups is 1. The van der Waals surface area contributed by atoms with Crippen LogP contribution < -0.4 is 10.0 Å². The van der Waals surface area contributed by atoms with Gasteiger partial charge in [0.05, 0.1) is 5.60 Å². The number of anilines is 1. The molecule has 3 N–H and O–H groups in total. The SMILES string of the molecule is CC1(C)Cc2oc(SNC(=O)Nc3c4c(cc5c3CCC5)CCC4)cc2C(C)(O)C1. The van der Waals surface area contributed by atoms with Crippen molar-refractivity contribution < 1.29 is 14.3 Å². The Kier molecular flexibility index (Phi) is 4.71. The monoisotopic (exact) mass is 426 g/mol. The van der Waals surface area contributed by atoms with Crippen LogP contribution in [0.5, 0.6) is 0 Å². The molecule has 2 aromatic rings. The summed E-state index contributed by atoms with van der Waals surface area (Å²) >= 11 is 1.17. The fourth-order valence-electron chi connectivity index (χ4n) is 5.77. The molecule has 6 heteroatoms. The van der Waals surface area contributed by atoms with Crippen molar-refractivity contribution in [3.63, 3.8) is 0 Å². The predicted octanol–water partition coefficient (Wildman–Crippen LogP) is 5.27. The Labute approximate surface area is 182 Å². The number of hydrogen-bond acceptors (Lipinski definition) is 4. The van der Waals surface area contributed by atoms with Crippen molar-refractivity contribution in [3.05, 3.63) is 45.7 Å². The molecule has 30 heavy (non-hydrogen) atoms. The molecular weight excluding hydrogens is 396 g/mol. The number of hydrogen-bond donors (Lipinski definition) is 3. The first-order valence-electron chi connectivity index (χ1n) is 11.0. The second-order valence-corrected chi connectivity index (χ2v) is 10.9. The number of urea groups is 1. The second-order valence-electron chi connectivity index (χ2n) is 10.1. The zero-order valence-electron chi connectivity index (χ0n) is 18.0. The van der Waals surface area contributed by atoms with Crippen LogP contribution in [-0.4, -0.2) is 11.1 Å². The van der Waals surface area contributed by atoms with E-state index in [1.165, 1.54) is 34.2 Å². The first-order chi connectivity index (χ1) is 14.2. The van der Waals surface area contributed by atoms with Crippen LogP contribution in [0.25, 0.3) is 0 Å². The molecule has 0 radical (unpaired) electrons. The van der Waals surface area contributed by atoms with Gasteiger partial charge < -0.3 is 14.8 Å². The minimum Gasteiger partial charge on any atom is -0.453 e. The maximum Gasteiger partial charge on any atom is 0.329 e. The number of aryl methyl sites for hydroxylation is 2. The first-order valence-corrected chi connectivity index (χ1v) is 11.8. The molecule has 1 unspecified atom stereocenters. The molecule has 3 aliphatic rings. The van der Waals surface area contributed by atoms with Crippen LogP contribution in [-0.2, 0) is 37.7 Å². The highest BCUT2D eigenvalue weighted by atomic mass is 32.2. The molecule has 5 nitrogen and oxygen atoms in total. The van der Waals surface area contributed by atoms with E-state index in [0.29, 0.717) is 11.5 Å². The standard InChI is InChI=1S/C24H30N2O3S/c1-23(2)12-19-18(24(3,28)13-23)11-20(29-19)30-26-22(27)25-21-16-8-4-6-14(16)10-15-7-5-9-17(15)21/h10-11,28H,4-9,12-13H2,1-3H3,(H2,25,26,27). The van der Waals surface area contributed by atoms with E-state index in [2.05, 4.69) is 30.0 Å². The molecule has 5 rings (SSSR count). The minimum absolute atomic E-state index is 0.0187. The van der Waals surface area contributed by atoms with E-state index in [-0.39, 0.29) is 11.4 Å². The fourth-order valence-corrected chi connectivity index (χ4v) is 6.33. The lowest BCUT2D eigenvalue weighted by atomic mass is 9.70. The van der Waals surface area contributed by atoms with Gasteiger partial charge in [-0.15, -0.1) is 0 Å². The normalized spacial score (nSPS) is 23.6. The van der Waals surface area contributed by atoms with Crippen LogP contribution >= 0.6 is 11.9 Å². The number of benzene rings is 1. The summed E-state index contributed by atoms with van der Waals surface area (Å²) in [5.74, 6) is 0.819. The molecule has 0 saturated carbocycles. The van der Waals surface area contributed by atoms with Crippen molar-refractivity contribution in [2.24, 2.45) is 5.41 Å². The Morgan fingerprint density at radius 3 is 2.40 bits per heavy atom. The van der Waals surface area contributed by atoms with Gasteiger partial charge in [-0.3, -0.25) is 4.72 Å². The molecular formula is C24H30N2O3S. The molecule has 3 aliphatic carbocycles. The summed E-state index contributed by atoms with van der Waals surface area (Å²) in [6.07, 6.45) is 8.11. The largest absolute Gasteiger partial charge is 0.453 e. The fraction of sp³-hybridized carbons (Fsp3) is 0.542. The lowest BCUT2D eigenvalue weighted by Gasteiger charge is -2.38. The van der Waals surface area contributed by atoms with Crippen LogP contribution in [0.15, 0.2) is 21.6 Å². The number of carbonyl (C=O) groups excluding carboxylic acids is 1. The summed E-state index contributed by atoms with van der Waals surface area (Å²) in [4.78, 5) is 12.7. The average molecular weight is 427 g/mol. The van der Waals surface area contributed by atoms with Gasteiger partial charge in [0.25, 0.3) is 0 Å². The maximum atomic E-state index is 12.7. The van der Waals surface area contributed by atoms with Crippen LogP contribution in [0.2, 0.25) is 0 Å². The molecule has 1 aromatic heterocycles. The van der Waals surface area contributed by atoms with E-state index in [1.807, 2.05) is 13.0 Å². The van der Waals surface area contributed by atoms with Crippen molar-refractivity contribution in [2.45, 2.75) is 82.8 Å². The van der Waals surface area contributed by atoms with E-state index >= 15 is 0 Å². The highest BCUT2D eigenvalue weighted by Crippen LogP contribution is 2.46. The van der Waals surface area contributed by atoms with Gasteiger partial charge in [0.2, 0.25) is 0 Å². The molecule has 0 spiro atoms. The quantitative estimate of drug-likeness (QED) is 0.585. The van der Waals surface area contributed by atoms with Gasteiger partial charge >= 0.3 is 6.03 Å². The molecule has 0 saturated heterocycles. The maximum absolute atomic E-state index is 12.7. The van der Waals surface area contributed by atoms with Crippen molar-refractivity contribution in [1.29, 1.82) is 0 Å². The van der Waals surface area contributed by atoms with Crippen LogP contribution in [0.4, 0.5) is 10.5 Å². The number of rotatable bonds is 3. The van der Waals surface area contributed by atoms with Crippen LogP contribution in [0.3, 0.4) is 0 Å². The topological polar surface area (TPSA) is 74.5 Å². The molecule has 1 atom stereocenters. The molecule has 0 aliphatic heterocycles. The predicted molar refractivity (Wildman–Crippen MR) is 119 cm³/mol. The zero-order chi connectivity index (χ0) is 21.1. The van der Waals surface area contributed by atoms with E-state index in [4.69, 9.17) is 4.42 Å². The third-order valence-corrected chi connectivity index (χ3v) is 7.47. The Bertz CT molecular complexity index is 990. The number of furan rings is 1. The Morgan fingerprint density at radius 1 is 1.07 bits per heavy atom. The molecule has 1 heterocycles. The smallest absolute Gasteiger partial charge is 0.329 e. The van der Waals surface area contributed by atoms with Crippen molar-refractivity contribution in [3.8, 4) is 0 Å². The van der Waals surface area contributed by atoms with Crippen molar-refractivity contribution in [2.75, 3.05) is 5.32 Å². The van der Waals surface area contributed by atoms with Gasteiger partial charge in [-0.25, -0.2) is 4.79 Å². The second kappa shape index (κ2) is 7.06. The van der Waals surface area contributed by atoms with E-state index in [9.17, 15) is 9.90 Å². The lowest BCUT2D eigenvalue weighted by molar-refractivity contribution is -0.00505. The summed E-state index contributed by atoms with van der Waals surface area (Å²) in [6.45, 7) is 6.12. The third-order valence-electron chi connectivity index (χ3n) is 6.78. The van der Waals surface area contributed by atoms with Crippen LogP contribution in [0, 0.1) is 5.41 Å². The summed E-state index contributed by atoms with van der Waals surface area (Å²) < 4.78 is 8.86. The summed E-state index contributed by atoms with van der Waals surface area (Å²) in [7, 11) is 0. The molecule has 1 aromatic carbocycles. The number of nitrogens with one attached hydrogen (secondary N) is 2. The molecule has 2 amide bonds. The van der Waals surface area contributed by atoms with Gasteiger partial charge in [0.1, 0.15) is 5.76 Å². The minimum atomic E-state index is -0.910. The van der Waals surface area contributed by atoms with Gasteiger partial charge in [0.15, 0.2) is 5.09 Å². The van der Waals surface area contributed by atoms with Gasteiger partial charge in [-0.05, 0) is 85.6 Å². The van der Waals surface area contributed by atoms with E-state index in [1.54, 1.807) is 0 Å². The molecule has 0 fully saturated rings. The summed E-state index contributed by atoms with van der Waals surface area (Å²) in [5, 5.41) is 14.6. The van der Waals surface area contributed by atoms with Gasteiger partial charge in [0, 0.05) is 29.6 Å². The molecule has 160 valence electrons. The van der Waals surface area contributed by atoms with Crippen molar-refractivity contribution in [1.82, 2.24) is 4.72 Å². The number of fused-ring (bicyclic) bond motifs is 3. The number of carbonyl (C=O) groups is 1. The highest BCUT2D eigenvalue weighted by Gasteiger charge is 2.41. The summed E-state index contributed by atoms with van der Waals surface area (Å²) in [6, 6.07) is 4.01. The Balaban J connectivity index is 1.31. The number of amides is 2. The zero-order valence-corrected chi connectivity index (χ0v) is 18.8. The Morgan fingerprint density at radius 2 is 1.73 bits per heavy atom.